The molecule has 0 saturated heterocycles. The summed E-state index contributed by atoms with van der Waals surface area (Å²) in [6.45, 7) is 0. The average molecular weight is 338 g/mol. The third-order valence-corrected chi connectivity index (χ3v) is 2.77. The lowest BCUT2D eigenvalue weighted by Gasteiger charge is -2.07. The highest BCUT2D eigenvalue weighted by Gasteiger charge is 2.11. The highest BCUT2D eigenvalue weighted by Crippen LogP contribution is 2.32. The number of aromatic nitrogens is 2. The number of halogens is 4. The van der Waals surface area contributed by atoms with Crippen LogP contribution in [0.4, 0.5) is 4.39 Å². The van der Waals surface area contributed by atoms with E-state index in [4.69, 9.17) is 27.9 Å². The molecule has 0 spiro atoms. The number of ether oxygens (including phenoxy) is 1. The van der Waals surface area contributed by atoms with Crippen molar-refractivity contribution in [3.05, 3.63) is 45.0 Å². The van der Waals surface area contributed by atoms with Crippen molar-refractivity contribution in [3.8, 4) is 11.6 Å². The van der Waals surface area contributed by atoms with E-state index in [2.05, 4.69) is 25.9 Å². The topological polar surface area (TPSA) is 35.0 Å². The summed E-state index contributed by atoms with van der Waals surface area (Å²) in [7, 11) is 0. The zero-order chi connectivity index (χ0) is 12.4. The molecule has 2 rings (SSSR count). The Morgan fingerprint density at radius 3 is 2.82 bits per heavy atom. The van der Waals surface area contributed by atoms with Gasteiger partial charge in [-0.15, -0.1) is 0 Å². The van der Waals surface area contributed by atoms with Crippen LogP contribution in [0.2, 0.25) is 10.3 Å². The predicted molar refractivity (Wildman–Crippen MR) is 66.2 cm³/mol. The van der Waals surface area contributed by atoms with E-state index in [9.17, 15) is 4.39 Å². The molecule has 17 heavy (non-hydrogen) atoms. The van der Waals surface area contributed by atoms with Gasteiger partial charge in [-0.1, -0.05) is 27.5 Å². The Morgan fingerprint density at radius 2 is 2.06 bits per heavy atom. The van der Waals surface area contributed by atoms with E-state index in [1.165, 1.54) is 0 Å². The Bertz CT molecular complexity index is 518. The van der Waals surface area contributed by atoms with Crippen LogP contribution in [0.1, 0.15) is 0 Å². The fourth-order valence-corrected chi connectivity index (χ4v) is 1.68. The summed E-state index contributed by atoms with van der Waals surface area (Å²) in [5.41, 5.74) is 0. The van der Waals surface area contributed by atoms with Gasteiger partial charge in [0.1, 0.15) is 5.75 Å². The molecular formula is C10H4BrCl2FN2O. The SMILES string of the molecule is Fc1cnc(Cl)nc1Oc1cc(Br)ccc1Cl. The van der Waals surface area contributed by atoms with Gasteiger partial charge in [-0.2, -0.15) is 9.37 Å². The summed E-state index contributed by atoms with van der Waals surface area (Å²) < 4.78 is 19.3. The van der Waals surface area contributed by atoms with Crippen LogP contribution in [0.25, 0.3) is 0 Å². The van der Waals surface area contributed by atoms with Gasteiger partial charge in [0.05, 0.1) is 11.2 Å². The van der Waals surface area contributed by atoms with Crippen molar-refractivity contribution in [2.24, 2.45) is 0 Å². The van der Waals surface area contributed by atoms with E-state index in [1.807, 2.05) is 0 Å². The van der Waals surface area contributed by atoms with E-state index >= 15 is 0 Å². The summed E-state index contributed by atoms with van der Waals surface area (Å²) in [5, 5.41) is 0.231. The van der Waals surface area contributed by atoms with Crippen molar-refractivity contribution < 1.29 is 9.13 Å². The summed E-state index contributed by atoms with van der Waals surface area (Å²) in [6, 6.07) is 4.94. The lowest BCUT2D eigenvalue weighted by Crippen LogP contribution is -1.94. The second kappa shape index (κ2) is 5.16. The van der Waals surface area contributed by atoms with Crippen LogP contribution in [-0.2, 0) is 0 Å². The summed E-state index contributed by atoms with van der Waals surface area (Å²) in [6.07, 6.45) is 0.927. The van der Waals surface area contributed by atoms with Crippen molar-refractivity contribution in [2.75, 3.05) is 0 Å². The van der Waals surface area contributed by atoms with Gasteiger partial charge in [0, 0.05) is 4.47 Å². The normalized spacial score (nSPS) is 10.4. The maximum absolute atomic E-state index is 13.3. The molecule has 0 N–H and O–H groups in total. The van der Waals surface area contributed by atoms with E-state index < -0.39 is 5.82 Å². The quantitative estimate of drug-likeness (QED) is 0.758. The molecule has 0 saturated carbocycles. The second-order valence-electron chi connectivity index (χ2n) is 2.97. The maximum Gasteiger partial charge on any atom is 0.260 e. The number of hydrogen-bond acceptors (Lipinski definition) is 3. The van der Waals surface area contributed by atoms with Gasteiger partial charge in [-0.3, -0.25) is 0 Å². The molecule has 2 aromatic rings. The minimum Gasteiger partial charge on any atom is -0.435 e. The highest BCUT2D eigenvalue weighted by molar-refractivity contribution is 9.10. The molecule has 1 aromatic carbocycles. The monoisotopic (exact) mass is 336 g/mol. The Hall–Kier alpha value is -0.910. The van der Waals surface area contributed by atoms with Gasteiger partial charge in [0.2, 0.25) is 11.1 Å². The van der Waals surface area contributed by atoms with E-state index in [0.717, 1.165) is 10.7 Å². The minimum atomic E-state index is -0.717. The number of benzene rings is 1. The number of rotatable bonds is 2. The third-order valence-electron chi connectivity index (χ3n) is 1.78. The van der Waals surface area contributed by atoms with Gasteiger partial charge in [-0.05, 0) is 29.8 Å². The fraction of sp³-hybridized carbons (Fsp3) is 0. The van der Waals surface area contributed by atoms with E-state index in [-0.39, 0.29) is 16.9 Å². The fourth-order valence-electron chi connectivity index (χ4n) is 1.06. The Balaban J connectivity index is 2.37. The predicted octanol–water partition coefficient (Wildman–Crippen LogP) is 4.48. The summed E-state index contributed by atoms with van der Waals surface area (Å²) in [4.78, 5) is 7.10. The molecule has 7 heteroatoms. The van der Waals surface area contributed by atoms with E-state index in [1.54, 1.807) is 18.2 Å². The van der Waals surface area contributed by atoms with Crippen LogP contribution in [0.15, 0.2) is 28.9 Å². The van der Waals surface area contributed by atoms with Crippen molar-refractivity contribution >= 4 is 39.1 Å². The van der Waals surface area contributed by atoms with Gasteiger partial charge >= 0.3 is 0 Å². The van der Waals surface area contributed by atoms with Crippen molar-refractivity contribution in [2.45, 2.75) is 0 Å². The molecular weight excluding hydrogens is 334 g/mol. The lowest BCUT2D eigenvalue weighted by atomic mass is 10.3. The number of hydrogen-bond donors (Lipinski definition) is 0. The standard InChI is InChI=1S/C10H4BrCl2FN2O/c11-5-1-2-6(12)8(3-5)17-9-7(14)4-15-10(13)16-9/h1-4H. The molecule has 1 heterocycles. The smallest absolute Gasteiger partial charge is 0.260 e. The van der Waals surface area contributed by atoms with Crippen LogP contribution in [0.3, 0.4) is 0 Å². The second-order valence-corrected chi connectivity index (χ2v) is 4.63. The molecule has 0 aliphatic heterocycles. The van der Waals surface area contributed by atoms with Gasteiger partial charge in [0.15, 0.2) is 0 Å². The summed E-state index contributed by atoms with van der Waals surface area (Å²) >= 11 is 14.7. The molecule has 3 nitrogen and oxygen atoms in total. The third kappa shape index (κ3) is 3.06. The van der Waals surface area contributed by atoms with Crippen molar-refractivity contribution in [1.82, 2.24) is 9.97 Å². The maximum atomic E-state index is 13.3. The molecule has 0 fully saturated rings. The molecule has 0 aliphatic rings. The molecule has 0 radical (unpaired) electrons. The highest BCUT2D eigenvalue weighted by atomic mass is 79.9. The average Bonchev–Trinajstić information content (AvgIpc) is 2.28. The van der Waals surface area contributed by atoms with E-state index in [0.29, 0.717) is 5.02 Å². The summed E-state index contributed by atoms with van der Waals surface area (Å²) in [5.74, 6) is -0.717. The molecule has 0 unspecified atom stereocenters. The zero-order valence-electron chi connectivity index (χ0n) is 8.12. The van der Waals surface area contributed by atoms with Crippen LogP contribution in [-0.4, -0.2) is 9.97 Å². The molecule has 0 atom stereocenters. The Morgan fingerprint density at radius 1 is 1.29 bits per heavy atom. The van der Waals surface area contributed by atoms with Gasteiger partial charge in [0.25, 0.3) is 5.88 Å². The minimum absolute atomic E-state index is 0.104. The van der Waals surface area contributed by atoms with Crippen LogP contribution >= 0.6 is 39.1 Å². The first-order valence-corrected chi connectivity index (χ1v) is 5.92. The van der Waals surface area contributed by atoms with Crippen molar-refractivity contribution in [1.29, 1.82) is 0 Å². The molecule has 0 amide bonds. The first-order chi connectivity index (χ1) is 8.06. The van der Waals surface area contributed by atoms with Crippen LogP contribution in [0.5, 0.6) is 11.6 Å². The molecule has 88 valence electrons. The Kier molecular flexibility index (Phi) is 3.81. The molecule has 0 aliphatic carbocycles. The molecule has 0 bridgehead atoms. The Labute approximate surface area is 115 Å². The van der Waals surface area contributed by atoms with Gasteiger partial charge in [-0.25, -0.2) is 4.98 Å². The largest absolute Gasteiger partial charge is 0.435 e. The first kappa shape index (κ1) is 12.5. The van der Waals surface area contributed by atoms with Gasteiger partial charge < -0.3 is 4.74 Å². The first-order valence-electron chi connectivity index (χ1n) is 4.37. The lowest BCUT2D eigenvalue weighted by molar-refractivity contribution is 0.420. The number of nitrogens with zero attached hydrogens (tertiary/aromatic N) is 2. The zero-order valence-corrected chi connectivity index (χ0v) is 11.2. The molecule has 1 aromatic heterocycles. The van der Waals surface area contributed by atoms with Crippen molar-refractivity contribution in [3.63, 3.8) is 0 Å². The van der Waals surface area contributed by atoms with Crippen LogP contribution < -0.4 is 4.74 Å². The van der Waals surface area contributed by atoms with Crippen LogP contribution in [0, 0.1) is 5.82 Å².